The Balaban J connectivity index is 2.13. The van der Waals surface area contributed by atoms with E-state index in [0.29, 0.717) is 0 Å². The Kier molecular flexibility index (Phi) is 3.60. The van der Waals surface area contributed by atoms with Crippen LogP contribution in [0.1, 0.15) is 23.2 Å². The lowest BCUT2D eigenvalue weighted by molar-refractivity contribution is 0.254. The van der Waals surface area contributed by atoms with Crippen LogP contribution >= 0.6 is 0 Å². The largest absolute Gasteiger partial charge is 0.341 e. The summed E-state index contributed by atoms with van der Waals surface area (Å²) in [4.78, 5) is 16.0. The second-order valence-electron chi connectivity index (χ2n) is 5.37. The minimum atomic E-state index is -0.178. The number of carbonyl (C=O) groups is 1. The van der Waals surface area contributed by atoms with Crippen LogP contribution in [0.25, 0.3) is 11.1 Å². The number of rotatable bonds is 2. The van der Waals surface area contributed by atoms with Gasteiger partial charge >= 0.3 is 6.03 Å². The van der Waals surface area contributed by atoms with Gasteiger partial charge in [-0.2, -0.15) is 0 Å². The summed E-state index contributed by atoms with van der Waals surface area (Å²) in [6.07, 6.45) is 5.07. The van der Waals surface area contributed by atoms with Crippen molar-refractivity contribution in [3.05, 3.63) is 47.3 Å². The molecule has 4 nitrogen and oxygen atoms in total. The molecular weight excluding hydrogens is 262 g/mol. The summed E-state index contributed by atoms with van der Waals surface area (Å²) in [5.74, 6) is 0. The first-order valence-electron chi connectivity index (χ1n) is 7.25. The average molecular weight is 281 g/mol. The normalized spacial score (nSPS) is 12.9. The second-order valence-corrected chi connectivity index (χ2v) is 5.37. The van der Waals surface area contributed by atoms with Crippen molar-refractivity contribution in [3.8, 4) is 11.1 Å². The number of amides is 2. The van der Waals surface area contributed by atoms with Crippen molar-refractivity contribution < 1.29 is 4.79 Å². The smallest absolute Gasteiger partial charge is 0.319 e. The van der Waals surface area contributed by atoms with Gasteiger partial charge in [-0.3, -0.25) is 4.98 Å². The Hall–Kier alpha value is -2.36. The summed E-state index contributed by atoms with van der Waals surface area (Å²) < 4.78 is 0. The van der Waals surface area contributed by atoms with Crippen LogP contribution < -0.4 is 10.6 Å². The fourth-order valence-corrected chi connectivity index (χ4v) is 2.94. The summed E-state index contributed by atoms with van der Waals surface area (Å²) in [5.41, 5.74) is 6.67. The van der Waals surface area contributed by atoms with Gasteiger partial charge in [-0.05, 0) is 55.0 Å². The van der Waals surface area contributed by atoms with Crippen molar-refractivity contribution in [1.82, 2.24) is 10.3 Å². The predicted octanol–water partition coefficient (Wildman–Crippen LogP) is 3.30. The first kappa shape index (κ1) is 13.6. The fourth-order valence-electron chi connectivity index (χ4n) is 2.94. The van der Waals surface area contributed by atoms with E-state index in [9.17, 15) is 4.79 Å². The molecule has 2 N–H and O–H groups in total. The van der Waals surface area contributed by atoms with E-state index in [1.807, 2.05) is 25.3 Å². The minimum absolute atomic E-state index is 0.178. The Morgan fingerprint density at radius 1 is 1.24 bits per heavy atom. The van der Waals surface area contributed by atoms with E-state index >= 15 is 0 Å². The number of pyridine rings is 1. The maximum atomic E-state index is 11.8. The van der Waals surface area contributed by atoms with E-state index in [1.54, 1.807) is 7.05 Å². The number of urea groups is 1. The number of nitrogens with zero attached hydrogens (tertiary/aromatic N) is 1. The van der Waals surface area contributed by atoms with Gasteiger partial charge in [0, 0.05) is 24.5 Å². The third-order valence-electron chi connectivity index (χ3n) is 3.96. The number of hydrogen-bond acceptors (Lipinski definition) is 2. The Morgan fingerprint density at radius 3 is 2.86 bits per heavy atom. The van der Waals surface area contributed by atoms with Crippen LogP contribution in [0, 0.1) is 6.92 Å². The molecule has 21 heavy (non-hydrogen) atoms. The van der Waals surface area contributed by atoms with Gasteiger partial charge in [0.05, 0.1) is 5.69 Å². The molecule has 3 rings (SSSR count). The van der Waals surface area contributed by atoms with Gasteiger partial charge in [0.1, 0.15) is 0 Å². The second kappa shape index (κ2) is 5.56. The molecule has 0 unspecified atom stereocenters. The highest BCUT2D eigenvalue weighted by molar-refractivity contribution is 5.96. The number of anilines is 1. The van der Waals surface area contributed by atoms with Crippen LogP contribution in [-0.4, -0.2) is 18.1 Å². The fraction of sp³-hybridized carbons (Fsp3) is 0.294. The van der Waals surface area contributed by atoms with Crippen LogP contribution in [0.3, 0.4) is 0 Å². The molecule has 0 atom stereocenters. The van der Waals surface area contributed by atoms with Gasteiger partial charge in [0.2, 0.25) is 0 Å². The lowest BCUT2D eigenvalue weighted by atomic mass is 9.97. The van der Waals surface area contributed by atoms with Crippen molar-refractivity contribution >= 4 is 11.7 Å². The molecule has 1 heterocycles. The summed E-state index contributed by atoms with van der Waals surface area (Å²) >= 11 is 0. The number of nitrogens with one attached hydrogen (secondary N) is 2. The molecule has 0 bridgehead atoms. The van der Waals surface area contributed by atoms with E-state index in [1.165, 1.54) is 11.1 Å². The van der Waals surface area contributed by atoms with Gasteiger partial charge in [-0.1, -0.05) is 12.1 Å². The van der Waals surface area contributed by atoms with Gasteiger partial charge < -0.3 is 10.6 Å². The Labute approximate surface area is 124 Å². The van der Waals surface area contributed by atoms with E-state index in [2.05, 4.69) is 27.8 Å². The highest BCUT2D eigenvalue weighted by atomic mass is 16.2. The molecule has 4 heteroatoms. The summed E-state index contributed by atoms with van der Waals surface area (Å²) in [7, 11) is 1.63. The summed E-state index contributed by atoms with van der Waals surface area (Å²) in [5, 5.41) is 5.64. The lowest BCUT2D eigenvalue weighted by Crippen LogP contribution is -2.25. The molecule has 0 fully saturated rings. The van der Waals surface area contributed by atoms with Gasteiger partial charge in [-0.25, -0.2) is 4.79 Å². The number of aromatic nitrogens is 1. The Morgan fingerprint density at radius 2 is 2.10 bits per heavy atom. The van der Waals surface area contributed by atoms with Crippen molar-refractivity contribution in [3.63, 3.8) is 0 Å². The molecular formula is C17H19N3O. The number of hydrogen-bond donors (Lipinski definition) is 2. The molecule has 1 aromatic carbocycles. The number of fused-ring (bicyclic) bond motifs is 1. The molecule has 0 radical (unpaired) electrons. The van der Waals surface area contributed by atoms with Gasteiger partial charge in [0.15, 0.2) is 0 Å². The Bertz CT molecular complexity index is 694. The molecule has 108 valence electrons. The zero-order valence-corrected chi connectivity index (χ0v) is 12.4. The number of aryl methyl sites for hydroxylation is 2. The topological polar surface area (TPSA) is 54.0 Å². The maximum Gasteiger partial charge on any atom is 0.319 e. The third-order valence-corrected chi connectivity index (χ3v) is 3.96. The molecule has 1 aliphatic rings. The minimum Gasteiger partial charge on any atom is -0.341 e. The van der Waals surface area contributed by atoms with Gasteiger partial charge in [0.25, 0.3) is 0 Å². The highest BCUT2D eigenvalue weighted by Gasteiger charge is 2.20. The molecule has 0 saturated carbocycles. The quantitative estimate of drug-likeness (QED) is 0.887. The lowest BCUT2D eigenvalue weighted by Gasteiger charge is -2.16. The van der Waals surface area contributed by atoms with Crippen molar-refractivity contribution in [2.24, 2.45) is 0 Å². The molecule has 2 aromatic rings. The summed E-state index contributed by atoms with van der Waals surface area (Å²) in [6, 6.07) is 8.14. The predicted molar refractivity (Wildman–Crippen MR) is 84.5 cm³/mol. The van der Waals surface area contributed by atoms with Crippen LogP contribution in [-0.2, 0) is 12.8 Å². The first-order chi connectivity index (χ1) is 10.2. The van der Waals surface area contributed by atoms with Crippen LogP contribution in [0.4, 0.5) is 10.5 Å². The summed E-state index contributed by atoms with van der Waals surface area (Å²) in [6.45, 7) is 1.97. The zero-order chi connectivity index (χ0) is 14.8. The van der Waals surface area contributed by atoms with Crippen molar-refractivity contribution in [2.75, 3.05) is 12.4 Å². The molecule has 2 amide bonds. The standard InChI is InChI=1S/C17H19N3O/c1-11-10-13(8-9-19-11)15-7-6-12-4-3-5-14(12)16(15)20-17(21)18-2/h6-10H,3-5H2,1-2H3,(H2,18,20,21). The van der Waals surface area contributed by atoms with E-state index in [-0.39, 0.29) is 6.03 Å². The van der Waals surface area contributed by atoms with Crippen LogP contribution in [0.2, 0.25) is 0 Å². The number of carbonyl (C=O) groups excluding carboxylic acids is 1. The molecule has 1 aliphatic carbocycles. The van der Waals surface area contributed by atoms with Crippen molar-refractivity contribution in [2.45, 2.75) is 26.2 Å². The van der Waals surface area contributed by atoms with Crippen LogP contribution in [0.15, 0.2) is 30.5 Å². The van der Waals surface area contributed by atoms with E-state index in [4.69, 9.17) is 0 Å². The van der Waals surface area contributed by atoms with Crippen molar-refractivity contribution in [1.29, 1.82) is 0 Å². The first-order valence-corrected chi connectivity index (χ1v) is 7.25. The zero-order valence-electron chi connectivity index (χ0n) is 12.4. The molecule has 1 aromatic heterocycles. The van der Waals surface area contributed by atoms with Gasteiger partial charge in [-0.15, -0.1) is 0 Å². The SMILES string of the molecule is CNC(=O)Nc1c(-c2ccnc(C)c2)ccc2c1CCC2. The number of benzene rings is 1. The average Bonchev–Trinajstić information content (AvgIpc) is 2.96. The van der Waals surface area contributed by atoms with E-state index in [0.717, 1.165) is 41.8 Å². The highest BCUT2D eigenvalue weighted by Crippen LogP contribution is 2.37. The molecule has 0 saturated heterocycles. The molecule has 0 spiro atoms. The third kappa shape index (κ3) is 2.61. The van der Waals surface area contributed by atoms with Crippen LogP contribution in [0.5, 0.6) is 0 Å². The molecule has 0 aliphatic heterocycles. The monoisotopic (exact) mass is 281 g/mol. The maximum absolute atomic E-state index is 11.8. The van der Waals surface area contributed by atoms with E-state index < -0.39 is 0 Å².